The number of piperidine rings is 1. The molecule has 0 saturated carbocycles. The molecule has 1 saturated heterocycles. The Kier molecular flexibility index (Phi) is 3.19. The first-order valence-electron chi connectivity index (χ1n) is 7.52. The zero-order valence-electron chi connectivity index (χ0n) is 12.6. The van der Waals surface area contributed by atoms with Crippen LogP contribution in [0.1, 0.15) is 44.1 Å². The summed E-state index contributed by atoms with van der Waals surface area (Å²) in [6, 6.07) is 7.44. The lowest BCUT2D eigenvalue weighted by molar-refractivity contribution is -0.0441. The topological polar surface area (TPSA) is 72.4 Å². The Bertz CT molecular complexity index is 803. The maximum atomic E-state index is 12.7. The van der Waals surface area contributed by atoms with Crippen molar-refractivity contribution >= 4 is 23.4 Å². The number of likely N-dealkylation sites (tertiary alicyclic amines) is 1. The van der Waals surface area contributed by atoms with Gasteiger partial charge in [0, 0.05) is 12.1 Å². The molecular weight excluding hydrogens is 314 g/mol. The molecule has 2 aromatic rings. The Morgan fingerprint density at radius 3 is 3.00 bits per heavy atom. The summed E-state index contributed by atoms with van der Waals surface area (Å²) in [6.45, 7) is 2.81. The molecule has 0 N–H and O–H groups in total. The first-order chi connectivity index (χ1) is 11.1. The third-order valence-corrected chi connectivity index (χ3v) is 5.33. The minimum atomic E-state index is -0.715. The van der Waals surface area contributed by atoms with Gasteiger partial charge in [-0.25, -0.2) is 4.79 Å². The number of hydrogen-bond donors (Lipinski definition) is 0. The van der Waals surface area contributed by atoms with Crippen LogP contribution in [0.25, 0.3) is 0 Å². The second-order valence-electron chi connectivity index (χ2n) is 5.95. The Morgan fingerprint density at radius 1 is 1.39 bits per heavy atom. The third-order valence-electron chi connectivity index (χ3n) is 4.51. The first-order valence-corrected chi connectivity index (χ1v) is 8.29. The number of hydrogen-bond acceptors (Lipinski definition) is 6. The summed E-state index contributed by atoms with van der Waals surface area (Å²) in [5.41, 5.74) is 1.43. The van der Waals surface area contributed by atoms with E-state index in [1.807, 2.05) is 18.2 Å². The van der Waals surface area contributed by atoms with Gasteiger partial charge >= 0.3 is 5.97 Å². The van der Waals surface area contributed by atoms with Gasteiger partial charge in [0.1, 0.15) is 4.88 Å². The van der Waals surface area contributed by atoms with Crippen LogP contribution in [-0.2, 0) is 10.3 Å². The van der Waals surface area contributed by atoms with Crippen LogP contribution in [0.5, 0.6) is 0 Å². The molecule has 6 nitrogen and oxygen atoms in total. The second kappa shape index (κ2) is 5.13. The van der Waals surface area contributed by atoms with Crippen LogP contribution in [0, 0.1) is 6.92 Å². The molecule has 3 heterocycles. The zero-order valence-corrected chi connectivity index (χ0v) is 13.4. The van der Waals surface area contributed by atoms with Gasteiger partial charge < -0.3 is 9.64 Å². The standard InChI is InChI=1S/C16H15N3O3S/c1-10-13(23-18-17-10)14(20)19-8-4-7-16(9-19)12-6-3-2-5-11(12)15(21)22-16/h2-3,5-6H,4,7-9H2,1H3/t16-/m0/s1. The molecule has 7 heteroatoms. The Morgan fingerprint density at radius 2 is 2.22 bits per heavy atom. The summed E-state index contributed by atoms with van der Waals surface area (Å²) < 4.78 is 9.56. The van der Waals surface area contributed by atoms with Crippen LogP contribution in [0.2, 0.25) is 0 Å². The van der Waals surface area contributed by atoms with E-state index in [0.717, 1.165) is 29.9 Å². The van der Waals surface area contributed by atoms with Gasteiger partial charge in [-0.3, -0.25) is 4.79 Å². The van der Waals surface area contributed by atoms with Gasteiger partial charge in [-0.1, -0.05) is 22.7 Å². The van der Waals surface area contributed by atoms with E-state index in [1.165, 1.54) is 0 Å². The molecule has 2 aliphatic heterocycles. The van der Waals surface area contributed by atoms with Gasteiger partial charge in [-0.05, 0) is 37.4 Å². The predicted molar refractivity (Wildman–Crippen MR) is 83.3 cm³/mol. The van der Waals surface area contributed by atoms with Crippen molar-refractivity contribution in [3.8, 4) is 0 Å². The number of amides is 1. The molecule has 1 spiro atoms. The highest BCUT2D eigenvalue weighted by Crippen LogP contribution is 2.43. The quantitative estimate of drug-likeness (QED) is 0.750. The van der Waals surface area contributed by atoms with E-state index in [9.17, 15) is 9.59 Å². The highest BCUT2D eigenvalue weighted by atomic mass is 32.1. The first kappa shape index (κ1) is 14.3. The molecule has 4 rings (SSSR count). The number of carbonyl (C=O) groups is 2. The maximum Gasteiger partial charge on any atom is 0.339 e. The minimum absolute atomic E-state index is 0.0861. The predicted octanol–water partition coefficient (Wildman–Crippen LogP) is 2.15. The van der Waals surface area contributed by atoms with Crippen LogP contribution in [0.15, 0.2) is 24.3 Å². The zero-order chi connectivity index (χ0) is 16.0. The van der Waals surface area contributed by atoms with Gasteiger partial charge in [0.25, 0.3) is 5.91 Å². The van der Waals surface area contributed by atoms with E-state index in [-0.39, 0.29) is 11.9 Å². The van der Waals surface area contributed by atoms with Crippen molar-refractivity contribution in [3.63, 3.8) is 0 Å². The maximum absolute atomic E-state index is 12.7. The molecule has 1 atom stereocenters. The number of aryl methyl sites for hydroxylation is 1. The van der Waals surface area contributed by atoms with E-state index in [0.29, 0.717) is 29.2 Å². The summed E-state index contributed by atoms with van der Waals surface area (Å²) in [5, 5.41) is 3.91. The SMILES string of the molecule is Cc1nnsc1C(=O)N1CCC[C@@]2(C1)OC(=O)c1ccccc12. The molecule has 0 radical (unpaired) electrons. The van der Waals surface area contributed by atoms with Crippen molar-refractivity contribution in [2.24, 2.45) is 0 Å². The van der Waals surface area contributed by atoms with Crippen molar-refractivity contribution < 1.29 is 14.3 Å². The lowest BCUT2D eigenvalue weighted by Crippen LogP contribution is -2.48. The second-order valence-corrected chi connectivity index (χ2v) is 6.70. The Hall–Kier alpha value is -2.28. The molecule has 1 fully saturated rings. The summed E-state index contributed by atoms with van der Waals surface area (Å²) in [4.78, 5) is 27.2. The van der Waals surface area contributed by atoms with Crippen molar-refractivity contribution in [1.29, 1.82) is 0 Å². The summed E-state index contributed by atoms with van der Waals surface area (Å²) in [6.07, 6.45) is 1.53. The molecule has 1 aromatic heterocycles. The highest BCUT2D eigenvalue weighted by Gasteiger charge is 2.49. The van der Waals surface area contributed by atoms with E-state index >= 15 is 0 Å². The third kappa shape index (κ3) is 2.15. The fourth-order valence-corrected chi connectivity index (χ4v) is 4.04. The van der Waals surface area contributed by atoms with Crippen LogP contribution in [0.4, 0.5) is 0 Å². The fraction of sp³-hybridized carbons (Fsp3) is 0.375. The molecular formula is C16H15N3O3S. The molecule has 0 unspecified atom stereocenters. The summed E-state index contributed by atoms with van der Waals surface area (Å²) in [5.74, 6) is -0.387. The lowest BCUT2D eigenvalue weighted by atomic mass is 9.85. The number of nitrogens with zero attached hydrogens (tertiary/aromatic N) is 3. The van der Waals surface area contributed by atoms with E-state index in [1.54, 1.807) is 17.9 Å². The van der Waals surface area contributed by atoms with Gasteiger partial charge in [-0.15, -0.1) is 5.10 Å². The molecule has 0 bridgehead atoms. The normalized spacial score (nSPS) is 23.0. The van der Waals surface area contributed by atoms with Gasteiger partial charge in [0.05, 0.1) is 17.8 Å². The number of rotatable bonds is 1. The average Bonchev–Trinajstić information content (AvgIpc) is 3.10. The largest absolute Gasteiger partial charge is 0.449 e. The fourth-order valence-electron chi connectivity index (χ4n) is 3.42. The molecule has 0 aliphatic carbocycles. The number of esters is 1. The molecule has 1 amide bonds. The Labute approximate surface area is 137 Å². The van der Waals surface area contributed by atoms with E-state index < -0.39 is 5.60 Å². The number of fused-ring (bicyclic) bond motifs is 2. The number of benzene rings is 1. The molecule has 1 aromatic carbocycles. The van der Waals surface area contributed by atoms with E-state index in [4.69, 9.17) is 4.74 Å². The molecule has 2 aliphatic rings. The van der Waals surface area contributed by atoms with Crippen molar-refractivity contribution in [1.82, 2.24) is 14.5 Å². The van der Waals surface area contributed by atoms with E-state index in [2.05, 4.69) is 9.59 Å². The van der Waals surface area contributed by atoms with Crippen LogP contribution >= 0.6 is 11.5 Å². The molecule has 23 heavy (non-hydrogen) atoms. The average molecular weight is 329 g/mol. The minimum Gasteiger partial charge on any atom is -0.449 e. The van der Waals surface area contributed by atoms with Crippen LogP contribution in [0.3, 0.4) is 0 Å². The smallest absolute Gasteiger partial charge is 0.339 e. The van der Waals surface area contributed by atoms with Crippen molar-refractivity contribution in [2.45, 2.75) is 25.4 Å². The number of carbonyl (C=O) groups excluding carboxylic acids is 2. The van der Waals surface area contributed by atoms with Gasteiger partial charge in [0.15, 0.2) is 5.60 Å². The van der Waals surface area contributed by atoms with Crippen molar-refractivity contribution in [2.75, 3.05) is 13.1 Å². The lowest BCUT2D eigenvalue weighted by Gasteiger charge is -2.39. The highest BCUT2D eigenvalue weighted by molar-refractivity contribution is 7.07. The van der Waals surface area contributed by atoms with Gasteiger partial charge in [0.2, 0.25) is 0 Å². The number of ether oxygens (including phenoxy) is 1. The van der Waals surface area contributed by atoms with Crippen LogP contribution in [-0.4, -0.2) is 39.5 Å². The van der Waals surface area contributed by atoms with Gasteiger partial charge in [-0.2, -0.15) is 0 Å². The molecule has 118 valence electrons. The monoisotopic (exact) mass is 329 g/mol. The summed E-state index contributed by atoms with van der Waals surface area (Å²) in [7, 11) is 0. The Balaban J connectivity index is 1.67. The van der Waals surface area contributed by atoms with Crippen LogP contribution < -0.4 is 0 Å². The number of aromatic nitrogens is 2. The van der Waals surface area contributed by atoms with Crippen molar-refractivity contribution in [3.05, 3.63) is 46.0 Å². The summed E-state index contributed by atoms with van der Waals surface area (Å²) >= 11 is 1.11.